The highest BCUT2D eigenvalue weighted by Gasteiger charge is 2.19. The summed E-state index contributed by atoms with van der Waals surface area (Å²) in [5, 5.41) is 3.16. The minimum atomic E-state index is 0.721. The predicted molar refractivity (Wildman–Crippen MR) is 75.7 cm³/mol. The molecule has 0 atom stereocenters. The standard InChI is InChI=1S/C14H18N4O/c1-15-11-3-4-14-13(7-11)18(5-6-19-14)9-12-8-17(2)10-16-12/h3-4,7-8,10,15H,5-6,9H2,1-2H3. The molecule has 3 rings (SSSR count). The molecule has 0 bridgehead atoms. The van der Waals surface area contributed by atoms with Gasteiger partial charge in [0.1, 0.15) is 12.4 Å². The highest BCUT2D eigenvalue weighted by Crippen LogP contribution is 2.34. The molecule has 0 radical (unpaired) electrons. The smallest absolute Gasteiger partial charge is 0.142 e. The summed E-state index contributed by atoms with van der Waals surface area (Å²) in [6.45, 7) is 2.42. The van der Waals surface area contributed by atoms with E-state index >= 15 is 0 Å². The fourth-order valence-corrected chi connectivity index (χ4v) is 2.34. The summed E-state index contributed by atoms with van der Waals surface area (Å²) in [5.74, 6) is 0.946. The topological polar surface area (TPSA) is 42.3 Å². The van der Waals surface area contributed by atoms with Crippen molar-refractivity contribution < 1.29 is 4.74 Å². The molecule has 0 spiro atoms. The van der Waals surface area contributed by atoms with Gasteiger partial charge in [-0.2, -0.15) is 0 Å². The van der Waals surface area contributed by atoms with Crippen LogP contribution in [0.5, 0.6) is 5.75 Å². The van der Waals surface area contributed by atoms with Crippen molar-refractivity contribution in [2.75, 3.05) is 30.4 Å². The number of aromatic nitrogens is 2. The van der Waals surface area contributed by atoms with E-state index in [0.717, 1.165) is 42.5 Å². The van der Waals surface area contributed by atoms with E-state index in [1.54, 1.807) is 0 Å². The molecule has 1 aliphatic heterocycles. The number of benzene rings is 1. The fraction of sp³-hybridized carbons (Fsp3) is 0.357. The van der Waals surface area contributed by atoms with E-state index in [0.29, 0.717) is 0 Å². The lowest BCUT2D eigenvalue weighted by Crippen LogP contribution is -2.32. The Morgan fingerprint density at radius 3 is 3.05 bits per heavy atom. The number of ether oxygens (including phenoxy) is 1. The molecule has 100 valence electrons. The van der Waals surface area contributed by atoms with E-state index in [1.165, 1.54) is 0 Å². The van der Waals surface area contributed by atoms with Gasteiger partial charge < -0.3 is 19.5 Å². The zero-order valence-electron chi connectivity index (χ0n) is 11.3. The normalized spacial score (nSPS) is 13.9. The van der Waals surface area contributed by atoms with Crippen LogP contribution in [0.1, 0.15) is 5.69 Å². The molecule has 1 aromatic carbocycles. The Labute approximate surface area is 112 Å². The molecule has 0 fully saturated rings. The second-order valence-corrected chi connectivity index (χ2v) is 4.73. The molecular formula is C14H18N4O. The first kappa shape index (κ1) is 11.9. The van der Waals surface area contributed by atoms with Crippen LogP contribution in [0.2, 0.25) is 0 Å². The first-order valence-electron chi connectivity index (χ1n) is 6.42. The van der Waals surface area contributed by atoms with E-state index in [1.807, 2.05) is 37.1 Å². The largest absolute Gasteiger partial charge is 0.490 e. The number of hydrogen-bond acceptors (Lipinski definition) is 4. The number of fused-ring (bicyclic) bond motifs is 1. The Bertz CT molecular complexity index is 579. The first-order chi connectivity index (χ1) is 9.26. The molecule has 0 saturated carbocycles. The summed E-state index contributed by atoms with van der Waals surface area (Å²) in [7, 11) is 3.91. The Hall–Kier alpha value is -2.17. The highest BCUT2D eigenvalue weighted by molar-refractivity contribution is 5.67. The lowest BCUT2D eigenvalue weighted by atomic mass is 10.2. The minimum Gasteiger partial charge on any atom is -0.490 e. The molecule has 5 nitrogen and oxygen atoms in total. The molecule has 2 heterocycles. The third kappa shape index (κ3) is 2.36. The van der Waals surface area contributed by atoms with E-state index in [4.69, 9.17) is 4.74 Å². The maximum absolute atomic E-state index is 5.70. The van der Waals surface area contributed by atoms with Crippen molar-refractivity contribution >= 4 is 11.4 Å². The summed E-state index contributed by atoms with van der Waals surface area (Å²) in [6.07, 6.45) is 3.89. The van der Waals surface area contributed by atoms with Crippen molar-refractivity contribution in [2.24, 2.45) is 7.05 Å². The number of hydrogen-bond donors (Lipinski definition) is 1. The van der Waals surface area contributed by atoms with E-state index in [-0.39, 0.29) is 0 Å². The molecule has 0 amide bonds. The highest BCUT2D eigenvalue weighted by atomic mass is 16.5. The number of anilines is 2. The average molecular weight is 258 g/mol. The van der Waals surface area contributed by atoms with Crippen molar-refractivity contribution in [1.29, 1.82) is 0 Å². The second kappa shape index (κ2) is 4.84. The third-order valence-corrected chi connectivity index (χ3v) is 3.32. The molecule has 19 heavy (non-hydrogen) atoms. The van der Waals surface area contributed by atoms with Gasteiger partial charge in [-0.1, -0.05) is 0 Å². The van der Waals surface area contributed by atoms with Crippen LogP contribution in [0, 0.1) is 0 Å². The number of aryl methyl sites for hydroxylation is 1. The molecule has 5 heteroatoms. The summed E-state index contributed by atoms with van der Waals surface area (Å²) >= 11 is 0. The molecule has 0 unspecified atom stereocenters. The van der Waals surface area contributed by atoms with Crippen molar-refractivity contribution in [3.63, 3.8) is 0 Å². The summed E-state index contributed by atoms with van der Waals surface area (Å²) in [5.41, 5.74) is 3.30. The molecule has 0 aliphatic carbocycles. The quantitative estimate of drug-likeness (QED) is 0.912. The zero-order valence-corrected chi connectivity index (χ0v) is 11.3. The van der Waals surface area contributed by atoms with Gasteiger partial charge >= 0.3 is 0 Å². The molecule has 2 aromatic rings. The van der Waals surface area contributed by atoms with Crippen LogP contribution in [0.25, 0.3) is 0 Å². The van der Waals surface area contributed by atoms with Gasteiger partial charge in [-0.15, -0.1) is 0 Å². The fourth-order valence-electron chi connectivity index (χ4n) is 2.34. The second-order valence-electron chi connectivity index (χ2n) is 4.73. The Morgan fingerprint density at radius 2 is 2.32 bits per heavy atom. The van der Waals surface area contributed by atoms with Crippen LogP contribution >= 0.6 is 0 Å². The molecule has 1 aliphatic rings. The Balaban J connectivity index is 1.88. The van der Waals surface area contributed by atoms with Gasteiger partial charge in [-0.25, -0.2) is 4.98 Å². The van der Waals surface area contributed by atoms with Gasteiger partial charge in [0.15, 0.2) is 0 Å². The minimum absolute atomic E-state index is 0.721. The molecule has 1 aromatic heterocycles. The lowest BCUT2D eigenvalue weighted by Gasteiger charge is -2.31. The average Bonchev–Trinajstić information content (AvgIpc) is 2.84. The summed E-state index contributed by atoms with van der Waals surface area (Å²) in [6, 6.07) is 6.17. The number of rotatable bonds is 3. The maximum atomic E-state index is 5.70. The number of nitrogens with zero attached hydrogens (tertiary/aromatic N) is 3. The van der Waals surface area contributed by atoms with Crippen LogP contribution in [-0.4, -0.2) is 29.8 Å². The van der Waals surface area contributed by atoms with Gasteiger partial charge in [0, 0.05) is 26.0 Å². The van der Waals surface area contributed by atoms with Gasteiger partial charge in [0.25, 0.3) is 0 Å². The van der Waals surface area contributed by atoms with Crippen molar-refractivity contribution in [1.82, 2.24) is 9.55 Å². The van der Waals surface area contributed by atoms with Crippen LogP contribution in [0.15, 0.2) is 30.7 Å². The van der Waals surface area contributed by atoms with Gasteiger partial charge in [0.2, 0.25) is 0 Å². The SMILES string of the molecule is CNc1ccc2c(c1)N(Cc1cn(C)cn1)CCO2. The van der Waals surface area contributed by atoms with Crippen molar-refractivity contribution in [2.45, 2.75) is 6.54 Å². The summed E-state index contributed by atoms with van der Waals surface area (Å²) in [4.78, 5) is 6.70. The Kier molecular flexibility index (Phi) is 3.03. The van der Waals surface area contributed by atoms with Crippen LogP contribution < -0.4 is 15.0 Å². The monoisotopic (exact) mass is 258 g/mol. The Morgan fingerprint density at radius 1 is 1.42 bits per heavy atom. The van der Waals surface area contributed by atoms with Gasteiger partial charge in [0.05, 0.1) is 30.8 Å². The first-order valence-corrected chi connectivity index (χ1v) is 6.42. The van der Waals surface area contributed by atoms with Gasteiger partial charge in [-0.05, 0) is 18.2 Å². The third-order valence-electron chi connectivity index (χ3n) is 3.32. The van der Waals surface area contributed by atoms with E-state index < -0.39 is 0 Å². The number of imidazole rings is 1. The van der Waals surface area contributed by atoms with E-state index in [9.17, 15) is 0 Å². The molecule has 1 N–H and O–H groups in total. The van der Waals surface area contributed by atoms with Crippen molar-refractivity contribution in [3.8, 4) is 5.75 Å². The van der Waals surface area contributed by atoms with Crippen LogP contribution in [-0.2, 0) is 13.6 Å². The van der Waals surface area contributed by atoms with Crippen LogP contribution in [0.3, 0.4) is 0 Å². The molecular weight excluding hydrogens is 240 g/mol. The lowest BCUT2D eigenvalue weighted by molar-refractivity contribution is 0.307. The maximum Gasteiger partial charge on any atom is 0.142 e. The predicted octanol–water partition coefficient (Wildman–Crippen LogP) is 1.86. The van der Waals surface area contributed by atoms with Gasteiger partial charge in [-0.3, -0.25) is 0 Å². The number of nitrogens with one attached hydrogen (secondary N) is 1. The van der Waals surface area contributed by atoms with Crippen LogP contribution in [0.4, 0.5) is 11.4 Å². The van der Waals surface area contributed by atoms with E-state index in [2.05, 4.69) is 27.5 Å². The van der Waals surface area contributed by atoms with Crippen molar-refractivity contribution in [3.05, 3.63) is 36.4 Å². The zero-order chi connectivity index (χ0) is 13.2. The molecule has 0 saturated heterocycles. The summed E-state index contributed by atoms with van der Waals surface area (Å²) < 4.78 is 7.67.